The molecule has 42 heavy (non-hydrogen) atoms. The quantitative estimate of drug-likeness (QED) is 0.289. The van der Waals surface area contributed by atoms with Gasteiger partial charge in [0, 0.05) is 22.5 Å². The minimum Gasteiger partial charge on any atom is -0.352 e. The summed E-state index contributed by atoms with van der Waals surface area (Å²) < 4.78 is 66.0. The number of carbonyl (C=O) groups is 2. The van der Waals surface area contributed by atoms with Crippen LogP contribution in [0.3, 0.4) is 0 Å². The fraction of sp³-hybridized carbons (Fsp3) is 0.533. The van der Waals surface area contributed by atoms with Gasteiger partial charge in [-0.05, 0) is 99.8 Å². The predicted octanol–water partition coefficient (Wildman–Crippen LogP) is 5.41. The summed E-state index contributed by atoms with van der Waals surface area (Å²) in [6.07, 6.45) is 1.25. The van der Waals surface area contributed by atoms with Gasteiger partial charge in [-0.1, -0.05) is 19.9 Å². The van der Waals surface area contributed by atoms with E-state index in [1.54, 1.807) is 24.3 Å². The zero-order chi connectivity index (χ0) is 30.9. The molecule has 0 spiro atoms. The number of amides is 2. The first-order valence-electron chi connectivity index (χ1n) is 14.2. The normalized spacial score (nSPS) is 19.5. The van der Waals surface area contributed by atoms with E-state index in [-0.39, 0.29) is 28.2 Å². The third-order valence-corrected chi connectivity index (χ3v) is 10.2. The van der Waals surface area contributed by atoms with E-state index in [4.69, 9.17) is 0 Å². The van der Waals surface area contributed by atoms with Crippen molar-refractivity contribution in [3.63, 3.8) is 0 Å². The summed E-state index contributed by atoms with van der Waals surface area (Å²) in [6.45, 7) is 5.60. The fourth-order valence-electron chi connectivity index (χ4n) is 5.51. The third-order valence-electron chi connectivity index (χ3n) is 7.55. The lowest BCUT2D eigenvalue weighted by Gasteiger charge is -2.41. The number of thioether (sulfide) groups is 1. The highest BCUT2D eigenvalue weighted by Crippen LogP contribution is 2.32. The lowest BCUT2D eigenvalue weighted by Crippen LogP contribution is -2.52. The van der Waals surface area contributed by atoms with Crippen LogP contribution in [0.1, 0.15) is 61.9 Å². The predicted molar refractivity (Wildman–Crippen MR) is 159 cm³/mol. The summed E-state index contributed by atoms with van der Waals surface area (Å²) >= 11 is 1.52. The van der Waals surface area contributed by atoms with Gasteiger partial charge in [-0.2, -0.15) is 13.2 Å². The van der Waals surface area contributed by atoms with Crippen LogP contribution in [0.25, 0.3) is 0 Å². The lowest BCUT2D eigenvalue weighted by molar-refractivity contribution is -0.137. The summed E-state index contributed by atoms with van der Waals surface area (Å²) in [5, 5.41) is 5.29. The van der Waals surface area contributed by atoms with E-state index in [9.17, 15) is 31.2 Å². The number of carbonyl (C=O) groups excluding carboxylic acids is 2. The van der Waals surface area contributed by atoms with Crippen molar-refractivity contribution < 1.29 is 31.2 Å². The van der Waals surface area contributed by atoms with Gasteiger partial charge in [0.05, 0.1) is 22.8 Å². The van der Waals surface area contributed by atoms with Crippen LogP contribution in [0.2, 0.25) is 0 Å². The van der Waals surface area contributed by atoms with Crippen LogP contribution in [0.4, 0.5) is 13.2 Å². The summed E-state index contributed by atoms with van der Waals surface area (Å²) in [5.41, 5.74) is -1.16. The molecule has 0 aliphatic heterocycles. The van der Waals surface area contributed by atoms with E-state index in [1.807, 2.05) is 6.26 Å². The van der Waals surface area contributed by atoms with Gasteiger partial charge in [0.25, 0.3) is 5.91 Å². The standard InChI is InChI=1S/C30H40F3N3O4S2/c1-4-15-36(16-5-2)24-9-14-27(22(18-24)20-42(39,40)26-12-10-25(41-3)11-13-26)35-28(37)19-34-29(38)21-7-6-8-23(17-21)30(31,32)33/h6-8,10-13,17,22,24,27H,4-5,9,14-16,18-20H2,1-3H3,(H,34,38)(H,35,37)/t22-,24+,27+/m1/s1. The molecular formula is C30H40F3N3O4S2. The Morgan fingerprint density at radius 3 is 2.29 bits per heavy atom. The number of sulfone groups is 1. The minimum absolute atomic E-state index is 0.129. The molecule has 12 heteroatoms. The zero-order valence-corrected chi connectivity index (χ0v) is 25.9. The molecule has 2 amide bonds. The molecule has 0 unspecified atom stereocenters. The van der Waals surface area contributed by atoms with Crippen molar-refractivity contribution in [2.75, 3.05) is 31.6 Å². The Labute approximate surface area is 250 Å². The molecule has 1 aliphatic carbocycles. The van der Waals surface area contributed by atoms with Crippen LogP contribution in [0.15, 0.2) is 58.3 Å². The van der Waals surface area contributed by atoms with Gasteiger partial charge in [-0.15, -0.1) is 11.8 Å². The molecule has 0 radical (unpaired) electrons. The number of halogens is 3. The molecular weight excluding hydrogens is 587 g/mol. The Bertz CT molecular complexity index is 1300. The van der Waals surface area contributed by atoms with E-state index in [0.717, 1.165) is 55.4 Å². The van der Waals surface area contributed by atoms with E-state index in [2.05, 4.69) is 29.4 Å². The van der Waals surface area contributed by atoms with Crippen LogP contribution in [0.5, 0.6) is 0 Å². The summed E-state index contributed by atoms with van der Waals surface area (Å²) in [5.74, 6) is -1.81. The molecule has 0 bridgehead atoms. The van der Waals surface area contributed by atoms with Gasteiger partial charge < -0.3 is 15.5 Å². The van der Waals surface area contributed by atoms with Crippen LogP contribution in [0, 0.1) is 5.92 Å². The second-order valence-electron chi connectivity index (χ2n) is 10.7. The topological polar surface area (TPSA) is 95.6 Å². The molecule has 1 fully saturated rings. The molecule has 1 saturated carbocycles. The van der Waals surface area contributed by atoms with Crippen molar-refractivity contribution in [3.05, 3.63) is 59.7 Å². The highest BCUT2D eigenvalue weighted by atomic mass is 32.2. The number of nitrogens with zero attached hydrogens (tertiary/aromatic N) is 1. The van der Waals surface area contributed by atoms with E-state index in [0.29, 0.717) is 12.8 Å². The Morgan fingerprint density at radius 2 is 1.69 bits per heavy atom. The molecule has 2 N–H and O–H groups in total. The van der Waals surface area contributed by atoms with E-state index < -0.39 is 46.0 Å². The molecule has 2 aromatic rings. The average Bonchev–Trinajstić information content (AvgIpc) is 2.96. The second-order valence-corrected chi connectivity index (χ2v) is 13.6. The van der Waals surface area contributed by atoms with Crippen LogP contribution < -0.4 is 10.6 Å². The monoisotopic (exact) mass is 627 g/mol. The molecule has 0 saturated heterocycles. The maximum atomic E-state index is 13.5. The maximum absolute atomic E-state index is 13.5. The van der Waals surface area contributed by atoms with Crippen molar-refractivity contribution in [2.24, 2.45) is 5.92 Å². The van der Waals surface area contributed by atoms with Crippen molar-refractivity contribution >= 4 is 33.4 Å². The highest BCUT2D eigenvalue weighted by molar-refractivity contribution is 7.98. The van der Waals surface area contributed by atoms with Gasteiger partial charge in [-0.3, -0.25) is 9.59 Å². The van der Waals surface area contributed by atoms with Crippen LogP contribution in [-0.2, 0) is 20.8 Å². The number of benzene rings is 2. The highest BCUT2D eigenvalue weighted by Gasteiger charge is 2.37. The van der Waals surface area contributed by atoms with Gasteiger partial charge in [0.15, 0.2) is 9.84 Å². The Morgan fingerprint density at radius 1 is 1.02 bits per heavy atom. The number of alkyl halides is 3. The van der Waals surface area contributed by atoms with Crippen LogP contribution in [-0.4, -0.2) is 68.9 Å². The largest absolute Gasteiger partial charge is 0.416 e. The summed E-state index contributed by atoms with van der Waals surface area (Å²) in [6, 6.07) is 10.5. The minimum atomic E-state index is -4.59. The SMILES string of the molecule is CCCN(CCC)[C@H]1CC[C@H](NC(=O)CNC(=O)c2cccc(C(F)(F)F)c2)[C@@H](CS(=O)(=O)c2ccc(SC)cc2)C1. The van der Waals surface area contributed by atoms with Crippen molar-refractivity contribution in [2.45, 2.75) is 74.0 Å². The number of hydrogen-bond donors (Lipinski definition) is 2. The summed E-state index contributed by atoms with van der Waals surface area (Å²) in [7, 11) is -3.65. The van der Waals surface area contributed by atoms with Crippen molar-refractivity contribution in [3.8, 4) is 0 Å². The van der Waals surface area contributed by atoms with E-state index in [1.165, 1.54) is 17.8 Å². The van der Waals surface area contributed by atoms with Gasteiger partial charge in [0.2, 0.25) is 5.91 Å². The molecule has 0 aromatic heterocycles. The third kappa shape index (κ3) is 9.47. The Balaban J connectivity index is 1.72. The molecule has 2 aromatic carbocycles. The van der Waals surface area contributed by atoms with Crippen molar-refractivity contribution in [1.82, 2.24) is 15.5 Å². The van der Waals surface area contributed by atoms with Gasteiger partial charge in [-0.25, -0.2) is 8.42 Å². The zero-order valence-electron chi connectivity index (χ0n) is 24.2. The molecule has 1 aliphatic rings. The summed E-state index contributed by atoms with van der Waals surface area (Å²) in [4.78, 5) is 28.9. The Hall–Kier alpha value is -2.57. The molecule has 3 atom stereocenters. The molecule has 0 heterocycles. The molecule has 3 rings (SSSR count). The van der Waals surface area contributed by atoms with Gasteiger partial charge >= 0.3 is 6.18 Å². The number of rotatable bonds is 13. The smallest absolute Gasteiger partial charge is 0.352 e. The average molecular weight is 628 g/mol. The first kappa shape index (κ1) is 33.9. The number of nitrogens with one attached hydrogen (secondary N) is 2. The van der Waals surface area contributed by atoms with E-state index >= 15 is 0 Å². The van der Waals surface area contributed by atoms with Crippen molar-refractivity contribution in [1.29, 1.82) is 0 Å². The molecule has 7 nitrogen and oxygen atoms in total. The fourth-order valence-corrected chi connectivity index (χ4v) is 7.60. The van der Waals surface area contributed by atoms with Crippen LogP contribution >= 0.6 is 11.8 Å². The lowest BCUT2D eigenvalue weighted by atomic mass is 9.81. The Kier molecular flexibility index (Phi) is 12.3. The van der Waals surface area contributed by atoms with Gasteiger partial charge in [0.1, 0.15) is 0 Å². The number of hydrogen-bond acceptors (Lipinski definition) is 6. The maximum Gasteiger partial charge on any atom is 0.416 e. The first-order chi connectivity index (χ1) is 19.9. The second kappa shape index (κ2) is 15.2. The molecule has 232 valence electrons. The first-order valence-corrected chi connectivity index (χ1v) is 17.1.